The third-order valence-electron chi connectivity index (χ3n) is 2.26. The fourth-order valence-electron chi connectivity index (χ4n) is 1.17. The van der Waals surface area contributed by atoms with Crippen molar-refractivity contribution in [3.8, 4) is 0 Å². The van der Waals surface area contributed by atoms with E-state index in [2.05, 4.69) is 5.32 Å². The molecule has 0 saturated heterocycles. The standard InChI is InChI=1S/C11H12F3NO2/c1-7(10(16)17)15-6-8-2-4-9(5-3-8)11(12,13)14/h2-5,7,15H,6H2,1H3,(H,16,17)/t7-/m0/s1. The van der Waals surface area contributed by atoms with Crippen LogP contribution in [0, 0.1) is 0 Å². The van der Waals surface area contributed by atoms with E-state index in [1.54, 1.807) is 0 Å². The second-order valence-electron chi connectivity index (χ2n) is 3.64. The molecule has 94 valence electrons. The summed E-state index contributed by atoms with van der Waals surface area (Å²) in [5.41, 5.74) is -0.112. The third kappa shape index (κ3) is 4.07. The monoisotopic (exact) mass is 247 g/mol. The van der Waals surface area contributed by atoms with Crippen molar-refractivity contribution in [1.29, 1.82) is 0 Å². The lowest BCUT2D eigenvalue weighted by Crippen LogP contribution is -2.33. The zero-order chi connectivity index (χ0) is 13.1. The summed E-state index contributed by atoms with van der Waals surface area (Å²) < 4.78 is 36.7. The van der Waals surface area contributed by atoms with Crippen molar-refractivity contribution in [2.24, 2.45) is 0 Å². The van der Waals surface area contributed by atoms with E-state index in [0.717, 1.165) is 12.1 Å². The van der Waals surface area contributed by atoms with Crippen molar-refractivity contribution in [2.45, 2.75) is 25.7 Å². The number of hydrogen-bond acceptors (Lipinski definition) is 2. The quantitative estimate of drug-likeness (QED) is 0.858. The van der Waals surface area contributed by atoms with Gasteiger partial charge in [0.25, 0.3) is 0 Å². The largest absolute Gasteiger partial charge is 0.480 e. The van der Waals surface area contributed by atoms with Crippen molar-refractivity contribution in [3.05, 3.63) is 35.4 Å². The average Bonchev–Trinajstić information content (AvgIpc) is 2.25. The minimum Gasteiger partial charge on any atom is -0.480 e. The van der Waals surface area contributed by atoms with Crippen LogP contribution >= 0.6 is 0 Å². The topological polar surface area (TPSA) is 49.3 Å². The van der Waals surface area contributed by atoms with Crippen LogP contribution in [-0.4, -0.2) is 17.1 Å². The van der Waals surface area contributed by atoms with Crippen LogP contribution in [0.2, 0.25) is 0 Å². The van der Waals surface area contributed by atoms with Gasteiger partial charge >= 0.3 is 12.1 Å². The van der Waals surface area contributed by atoms with E-state index >= 15 is 0 Å². The molecule has 1 atom stereocenters. The summed E-state index contributed by atoms with van der Waals surface area (Å²) in [5.74, 6) is -1.00. The molecular weight excluding hydrogens is 235 g/mol. The molecule has 0 fully saturated rings. The third-order valence-corrected chi connectivity index (χ3v) is 2.26. The molecular formula is C11H12F3NO2. The molecule has 0 saturated carbocycles. The number of halogens is 3. The number of carbonyl (C=O) groups is 1. The van der Waals surface area contributed by atoms with Gasteiger partial charge in [-0.2, -0.15) is 13.2 Å². The smallest absolute Gasteiger partial charge is 0.416 e. The fourth-order valence-corrected chi connectivity index (χ4v) is 1.17. The van der Waals surface area contributed by atoms with Crippen LogP contribution < -0.4 is 5.32 Å². The molecule has 0 heterocycles. The molecule has 1 aromatic carbocycles. The minimum absolute atomic E-state index is 0.214. The normalized spacial score (nSPS) is 13.4. The van der Waals surface area contributed by atoms with Gasteiger partial charge in [0.15, 0.2) is 0 Å². The number of carboxylic acid groups (broad SMARTS) is 1. The van der Waals surface area contributed by atoms with Gasteiger partial charge < -0.3 is 10.4 Å². The first kappa shape index (κ1) is 13.5. The molecule has 3 nitrogen and oxygen atoms in total. The Hall–Kier alpha value is -1.56. The number of carboxylic acids is 1. The van der Waals surface area contributed by atoms with Crippen molar-refractivity contribution in [2.75, 3.05) is 0 Å². The highest BCUT2D eigenvalue weighted by Crippen LogP contribution is 2.28. The first-order valence-corrected chi connectivity index (χ1v) is 4.93. The molecule has 2 N–H and O–H groups in total. The summed E-state index contributed by atoms with van der Waals surface area (Å²) in [7, 11) is 0. The van der Waals surface area contributed by atoms with Crippen LogP contribution in [0.15, 0.2) is 24.3 Å². The van der Waals surface area contributed by atoms with Gasteiger partial charge in [-0.05, 0) is 24.6 Å². The molecule has 0 amide bonds. The summed E-state index contributed by atoms with van der Waals surface area (Å²) in [5, 5.41) is 11.3. The number of hydrogen-bond donors (Lipinski definition) is 2. The van der Waals surface area contributed by atoms with Crippen LogP contribution in [0.4, 0.5) is 13.2 Å². The zero-order valence-corrected chi connectivity index (χ0v) is 9.08. The van der Waals surface area contributed by atoms with E-state index in [4.69, 9.17) is 5.11 Å². The Morgan fingerprint density at radius 2 is 1.88 bits per heavy atom. The Labute approximate surface area is 96.3 Å². The molecule has 17 heavy (non-hydrogen) atoms. The van der Waals surface area contributed by atoms with Crippen molar-refractivity contribution >= 4 is 5.97 Å². The molecule has 1 rings (SSSR count). The maximum atomic E-state index is 12.2. The van der Waals surface area contributed by atoms with Crippen LogP contribution in [-0.2, 0) is 17.5 Å². The summed E-state index contributed by atoms with van der Waals surface area (Å²) in [4.78, 5) is 10.5. The van der Waals surface area contributed by atoms with E-state index in [1.165, 1.54) is 19.1 Å². The predicted octanol–water partition coefficient (Wildman–Crippen LogP) is 2.27. The number of benzene rings is 1. The lowest BCUT2D eigenvalue weighted by molar-refractivity contribution is -0.139. The molecule has 0 spiro atoms. The SMILES string of the molecule is C[C@H](NCc1ccc(C(F)(F)F)cc1)C(=O)O. The highest BCUT2D eigenvalue weighted by Gasteiger charge is 2.29. The predicted molar refractivity (Wildman–Crippen MR) is 55.4 cm³/mol. The maximum absolute atomic E-state index is 12.2. The Morgan fingerprint density at radius 1 is 1.35 bits per heavy atom. The molecule has 0 unspecified atom stereocenters. The van der Waals surface area contributed by atoms with Gasteiger partial charge in [0.2, 0.25) is 0 Å². The minimum atomic E-state index is -4.35. The van der Waals surface area contributed by atoms with Crippen LogP contribution in [0.1, 0.15) is 18.1 Å². The molecule has 0 aliphatic heterocycles. The first-order chi connectivity index (χ1) is 7.80. The summed E-state index contributed by atoms with van der Waals surface area (Å²) in [6.45, 7) is 1.68. The Balaban J connectivity index is 2.60. The van der Waals surface area contributed by atoms with E-state index in [9.17, 15) is 18.0 Å². The Bertz CT molecular complexity index is 387. The second kappa shape index (κ2) is 5.18. The van der Waals surface area contributed by atoms with Gasteiger partial charge in [0.1, 0.15) is 6.04 Å². The summed E-state index contributed by atoms with van der Waals surface area (Å²) >= 11 is 0. The van der Waals surface area contributed by atoms with E-state index in [0.29, 0.717) is 5.56 Å². The molecule has 1 aromatic rings. The maximum Gasteiger partial charge on any atom is 0.416 e. The van der Waals surface area contributed by atoms with Gasteiger partial charge in [0.05, 0.1) is 5.56 Å². The fraction of sp³-hybridized carbons (Fsp3) is 0.364. The zero-order valence-electron chi connectivity index (χ0n) is 9.08. The van der Waals surface area contributed by atoms with Gasteiger partial charge in [-0.15, -0.1) is 0 Å². The lowest BCUT2D eigenvalue weighted by atomic mass is 10.1. The average molecular weight is 247 g/mol. The van der Waals surface area contributed by atoms with Crippen molar-refractivity contribution in [3.63, 3.8) is 0 Å². The Morgan fingerprint density at radius 3 is 2.29 bits per heavy atom. The number of alkyl halides is 3. The molecule has 6 heteroatoms. The lowest BCUT2D eigenvalue weighted by Gasteiger charge is -2.10. The first-order valence-electron chi connectivity index (χ1n) is 4.93. The highest BCUT2D eigenvalue weighted by molar-refractivity contribution is 5.72. The van der Waals surface area contributed by atoms with Crippen LogP contribution in [0.3, 0.4) is 0 Å². The van der Waals surface area contributed by atoms with Gasteiger partial charge in [-0.3, -0.25) is 4.79 Å². The Kier molecular flexibility index (Phi) is 4.11. The van der Waals surface area contributed by atoms with Crippen molar-refractivity contribution < 1.29 is 23.1 Å². The molecule has 0 aliphatic carbocycles. The summed E-state index contributed by atoms with van der Waals surface area (Å²) in [6, 6.07) is 3.86. The van der Waals surface area contributed by atoms with Gasteiger partial charge in [0, 0.05) is 6.54 Å². The van der Waals surface area contributed by atoms with Crippen LogP contribution in [0.25, 0.3) is 0 Å². The summed E-state index contributed by atoms with van der Waals surface area (Å²) in [6.07, 6.45) is -4.35. The molecule has 0 radical (unpaired) electrons. The highest BCUT2D eigenvalue weighted by atomic mass is 19.4. The number of nitrogens with one attached hydrogen (secondary N) is 1. The van der Waals surface area contributed by atoms with Gasteiger partial charge in [-0.1, -0.05) is 12.1 Å². The van der Waals surface area contributed by atoms with Gasteiger partial charge in [-0.25, -0.2) is 0 Å². The number of aliphatic carboxylic acids is 1. The van der Waals surface area contributed by atoms with E-state index < -0.39 is 23.8 Å². The molecule has 0 aliphatic rings. The number of rotatable bonds is 4. The van der Waals surface area contributed by atoms with E-state index in [1.807, 2.05) is 0 Å². The van der Waals surface area contributed by atoms with E-state index in [-0.39, 0.29) is 6.54 Å². The van der Waals surface area contributed by atoms with Crippen LogP contribution in [0.5, 0.6) is 0 Å². The molecule has 0 aromatic heterocycles. The molecule has 0 bridgehead atoms. The second-order valence-corrected chi connectivity index (χ2v) is 3.64. The van der Waals surface area contributed by atoms with Crippen molar-refractivity contribution in [1.82, 2.24) is 5.32 Å².